The van der Waals surface area contributed by atoms with Crippen LogP contribution in [0.25, 0.3) is 0 Å². The fraction of sp³-hybridized carbons (Fsp3) is 0.600. The Morgan fingerprint density at radius 2 is 2.27 bits per heavy atom. The quantitative estimate of drug-likeness (QED) is 0.760. The molecular formula is C10H16N2O3. The highest BCUT2D eigenvalue weighted by Crippen LogP contribution is 2.12. The number of hydrogen-bond donors (Lipinski definition) is 1. The maximum absolute atomic E-state index is 11.5. The van der Waals surface area contributed by atoms with Crippen molar-refractivity contribution in [1.29, 1.82) is 0 Å². The van der Waals surface area contributed by atoms with Crippen LogP contribution in [0.2, 0.25) is 0 Å². The molecule has 0 aliphatic carbocycles. The second kappa shape index (κ2) is 4.44. The van der Waals surface area contributed by atoms with Crippen molar-refractivity contribution in [1.82, 2.24) is 5.16 Å². The van der Waals surface area contributed by atoms with Gasteiger partial charge >= 0.3 is 5.97 Å². The highest BCUT2D eigenvalue weighted by Gasteiger charge is 2.20. The molecule has 5 nitrogen and oxygen atoms in total. The Hall–Kier alpha value is -1.36. The van der Waals surface area contributed by atoms with E-state index in [0.29, 0.717) is 18.7 Å². The highest BCUT2D eigenvalue weighted by molar-refractivity contribution is 5.87. The molecule has 0 unspecified atom stereocenters. The highest BCUT2D eigenvalue weighted by atomic mass is 16.6. The zero-order valence-corrected chi connectivity index (χ0v) is 9.24. The maximum Gasteiger partial charge on any atom is 0.361 e. The number of rotatable bonds is 3. The van der Waals surface area contributed by atoms with Crippen LogP contribution < -0.4 is 5.73 Å². The SMILES string of the molecule is CC(C)(C)OC(=O)c1cc(CCN)on1. The first kappa shape index (κ1) is 11.7. The molecule has 0 atom stereocenters. The molecule has 2 N–H and O–H groups in total. The first-order valence-electron chi connectivity index (χ1n) is 4.81. The summed E-state index contributed by atoms with van der Waals surface area (Å²) in [4.78, 5) is 11.5. The van der Waals surface area contributed by atoms with Gasteiger partial charge < -0.3 is 15.0 Å². The first-order valence-corrected chi connectivity index (χ1v) is 4.81. The minimum absolute atomic E-state index is 0.188. The molecule has 0 spiro atoms. The molecule has 0 amide bonds. The number of nitrogens with zero attached hydrogens (tertiary/aromatic N) is 1. The van der Waals surface area contributed by atoms with E-state index in [1.807, 2.05) is 0 Å². The monoisotopic (exact) mass is 212 g/mol. The second-order valence-corrected chi connectivity index (χ2v) is 4.22. The molecule has 1 heterocycles. The topological polar surface area (TPSA) is 78.4 Å². The smallest absolute Gasteiger partial charge is 0.361 e. The van der Waals surface area contributed by atoms with Crippen LogP contribution in [-0.4, -0.2) is 23.3 Å². The Morgan fingerprint density at radius 1 is 1.60 bits per heavy atom. The van der Waals surface area contributed by atoms with E-state index in [4.69, 9.17) is 15.0 Å². The minimum Gasteiger partial charge on any atom is -0.455 e. The second-order valence-electron chi connectivity index (χ2n) is 4.22. The Bertz CT molecular complexity index is 339. The third kappa shape index (κ3) is 3.71. The summed E-state index contributed by atoms with van der Waals surface area (Å²) in [5.74, 6) is 0.118. The molecule has 0 saturated carbocycles. The van der Waals surface area contributed by atoms with Gasteiger partial charge in [-0.05, 0) is 27.3 Å². The molecule has 0 aliphatic rings. The van der Waals surface area contributed by atoms with Gasteiger partial charge in [-0.1, -0.05) is 5.16 Å². The zero-order chi connectivity index (χ0) is 11.5. The molecule has 84 valence electrons. The number of nitrogens with two attached hydrogens (primary N) is 1. The Kier molecular flexibility index (Phi) is 3.47. The van der Waals surface area contributed by atoms with E-state index < -0.39 is 11.6 Å². The van der Waals surface area contributed by atoms with Gasteiger partial charge in [-0.3, -0.25) is 0 Å². The van der Waals surface area contributed by atoms with Crippen LogP contribution in [0.1, 0.15) is 37.0 Å². The lowest BCUT2D eigenvalue weighted by Gasteiger charge is -2.18. The molecule has 0 saturated heterocycles. The summed E-state index contributed by atoms with van der Waals surface area (Å²) >= 11 is 0. The van der Waals surface area contributed by atoms with Gasteiger partial charge in [0, 0.05) is 12.5 Å². The molecule has 0 aliphatic heterocycles. The fourth-order valence-corrected chi connectivity index (χ4v) is 1.000. The molecular weight excluding hydrogens is 196 g/mol. The molecule has 0 fully saturated rings. The maximum atomic E-state index is 11.5. The van der Waals surface area contributed by atoms with Crippen molar-refractivity contribution in [2.45, 2.75) is 32.8 Å². The van der Waals surface area contributed by atoms with Crippen molar-refractivity contribution in [3.8, 4) is 0 Å². The van der Waals surface area contributed by atoms with Crippen molar-refractivity contribution < 1.29 is 14.1 Å². The summed E-state index contributed by atoms with van der Waals surface area (Å²) in [7, 11) is 0. The lowest BCUT2D eigenvalue weighted by atomic mass is 10.2. The average Bonchev–Trinajstić information content (AvgIpc) is 2.50. The predicted octanol–water partition coefficient (Wildman–Crippen LogP) is 1.13. The van der Waals surface area contributed by atoms with E-state index in [9.17, 15) is 4.79 Å². The first-order chi connectivity index (χ1) is 6.92. The molecule has 0 aromatic carbocycles. The van der Waals surface area contributed by atoms with Crippen LogP contribution in [0.3, 0.4) is 0 Å². The van der Waals surface area contributed by atoms with Gasteiger partial charge in [0.05, 0.1) is 0 Å². The zero-order valence-electron chi connectivity index (χ0n) is 9.24. The van der Waals surface area contributed by atoms with Gasteiger partial charge in [0.15, 0.2) is 5.69 Å². The summed E-state index contributed by atoms with van der Waals surface area (Å²) in [6, 6.07) is 1.56. The summed E-state index contributed by atoms with van der Waals surface area (Å²) in [5, 5.41) is 3.61. The molecule has 15 heavy (non-hydrogen) atoms. The van der Waals surface area contributed by atoms with E-state index in [1.165, 1.54) is 0 Å². The number of esters is 1. The van der Waals surface area contributed by atoms with Crippen molar-refractivity contribution in [3.63, 3.8) is 0 Å². The summed E-state index contributed by atoms with van der Waals surface area (Å²) in [5.41, 5.74) is 5.01. The van der Waals surface area contributed by atoms with Gasteiger partial charge in [0.2, 0.25) is 0 Å². The number of aromatic nitrogens is 1. The van der Waals surface area contributed by atoms with E-state index in [-0.39, 0.29) is 5.69 Å². The summed E-state index contributed by atoms with van der Waals surface area (Å²) < 4.78 is 10.0. The Morgan fingerprint density at radius 3 is 2.80 bits per heavy atom. The molecule has 1 aromatic heterocycles. The van der Waals surface area contributed by atoms with Crippen LogP contribution in [0.4, 0.5) is 0 Å². The van der Waals surface area contributed by atoms with Crippen LogP contribution >= 0.6 is 0 Å². The number of hydrogen-bond acceptors (Lipinski definition) is 5. The number of ether oxygens (including phenoxy) is 1. The third-order valence-electron chi connectivity index (χ3n) is 1.56. The molecule has 0 bridgehead atoms. The normalized spacial score (nSPS) is 11.5. The lowest BCUT2D eigenvalue weighted by Crippen LogP contribution is -2.24. The predicted molar refractivity (Wildman–Crippen MR) is 54.4 cm³/mol. The van der Waals surface area contributed by atoms with E-state index >= 15 is 0 Å². The summed E-state index contributed by atoms with van der Waals surface area (Å²) in [6.07, 6.45) is 0.565. The third-order valence-corrected chi connectivity index (χ3v) is 1.56. The average molecular weight is 212 g/mol. The number of carbonyl (C=O) groups is 1. The van der Waals surface area contributed by atoms with E-state index in [2.05, 4.69) is 5.16 Å². The van der Waals surface area contributed by atoms with E-state index in [1.54, 1.807) is 26.8 Å². The van der Waals surface area contributed by atoms with Crippen LogP contribution in [0.5, 0.6) is 0 Å². The molecule has 0 radical (unpaired) electrons. The fourth-order valence-electron chi connectivity index (χ4n) is 1.000. The van der Waals surface area contributed by atoms with Crippen molar-refractivity contribution >= 4 is 5.97 Å². The van der Waals surface area contributed by atoms with Crippen LogP contribution in [-0.2, 0) is 11.2 Å². The van der Waals surface area contributed by atoms with Gasteiger partial charge in [-0.25, -0.2) is 4.79 Å². The van der Waals surface area contributed by atoms with Gasteiger partial charge in [-0.15, -0.1) is 0 Å². The molecule has 1 aromatic rings. The Balaban J connectivity index is 2.66. The molecule has 1 rings (SSSR count). The van der Waals surface area contributed by atoms with Crippen molar-refractivity contribution in [3.05, 3.63) is 17.5 Å². The van der Waals surface area contributed by atoms with Gasteiger partial charge in [0.25, 0.3) is 0 Å². The van der Waals surface area contributed by atoms with Crippen LogP contribution in [0.15, 0.2) is 10.6 Å². The minimum atomic E-state index is -0.524. The molecule has 5 heteroatoms. The Labute approximate surface area is 88.6 Å². The van der Waals surface area contributed by atoms with Gasteiger partial charge in [0.1, 0.15) is 11.4 Å². The van der Waals surface area contributed by atoms with E-state index in [0.717, 1.165) is 0 Å². The van der Waals surface area contributed by atoms with Crippen LogP contribution in [0, 0.1) is 0 Å². The summed E-state index contributed by atoms with van der Waals surface area (Å²) in [6.45, 7) is 5.85. The standard InChI is InChI=1S/C10H16N2O3/c1-10(2,3)14-9(13)8-6-7(4-5-11)15-12-8/h6H,4-5,11H2,1-3H3. The van der Waals surface area contributed by atoms with Crippen molar-refractivity contribution in [2.24, 2.45) is 5.73 Å². The number of carbonyl (C=O) groups excluding carboxylic acids is 1. The van der Waals surface area contributed by atoms with Crippen molar-refractivity contribution in [2.75, 3.05) is 6.54 Å². The van der Waals surface area contributed by atoms with Gasteiger partial charge in [-0.2, -0.15) is 0 Å². The lowest BCUT2D eigenvalue weighted by molar-refractivity contribution is 0.00588. The largest absolute Gasteiger partial charge is 0.455 e.